The molecule has 1 aliphatic rings. The number of anilines is 1. The molecule has 0 aromatic carbocycles. The zero-order valence-electron chi connectivity index (χ0n) is 13.0. The van der Waals surface area contributed by atoms with E-state index in [-0.39, 0.29) is 6.09 Å². The molecule has 0 bridgehead atoms. The molecule has 8 heteroatoms. The Morgan fingerprint density at radius 3 is 2.36 bits per heavy atom. The number of nitrogens with zero attached hydrogens (tertiary/aromatic N) is 4. The summed E-state index contributed by atoms with van der Waals surface area (Å²) in [5.74, 6) is 0.489. The summed E-state index contributed by atoms with van der Waals surface area (Å²) in [7, 11) is 0. The fourth-order valence-electron chi connectivity index (χ4n) is 2.15. The smallest absolute Gasteiger partial charge is 0.410 e. The van der Waals surface area contributed by atoms with Crippen molar-refractivity contribution in [1.82, 2.24) is 14.9 Å². The predicted octanol–water partition coefficient (Wildman–Crippen LogP) is 3.23. The van der Waals surface area contributed by atoms with Gasteiger partial charge in [0.1, 0.15) is 15.9 Å². The summed E-state index contributed by atoms with van der Waals surface area (Å²) in [5.41, 5.74) is -0.493. The van der Waals surface area contributed by atoms with Crippen LogP contribution in [0.3, 0.4) is 0 Å². The van der Waals surface area contributed by atoms with Crippen LogP contribution < -0.4 is 4.90 Å². The minimum atomic E-state index is -0.493. The average molecular weight is 347 g/mol. The van der Waals surface area contributed by atoms with Gasteiger partial charge in [0, 0.05) is 32.2 Å². The Labute approximate surface area is 140 Å². The van der Waals surface area contributed by atoms with E-state index < -0.39 is 5.60 Å². The minimum Gasteiger partial charge on any atom is -0.444 e. The molecule has 2 heterocycles. The topological polar surface area (TPSA) is 58.6 Å². The number of rotatable bonds is 1. The number of halogens is 2. The summed E-state index contributed by atoms with van der Waals surface area (Å²) in [5, 5.41) is 0.617. The molecule has 1 aliphatic heterocycles. The molecule has 0 N–H and O–H groups in total. The van der Waals surface area contributed by atoms with Crippen LogP contribution in [0.4, 0.5) is 10.7 Å². The Morgan fingerprint density at radius 1 is 1.14 bits per heavy atom. The van der Waals surface area contributed by atoms with Gasteiger partial charge in [-0.1, -0.05) is 23.2 Å². The summed E-state index contributed by atoms with van der Waals surface area (Å²) in [6.45, 7) is 8.10. The van der Waals surface area contributed by atoms with Gasteiger partial charge in [-0.3, -0.25) is 0 Å². The number of hydrogen-bond acceptors (Lipinski definition) is 5. The predicted molar refractivity (Wildman–Crippen MR) is 86.7 cm³/mol. The highest BCUT2D eigenvalue weighted by molar-refractivity contribution is 6.33. The van der Waals surface area contributed by atoms with Crippen molar-refractivity contribution in [2.45, 2.75) is 32.8 Å². The third-order valence-corrected chi connectivity index (χ3v) is 3.47. The van der Waals surface area contributed by atoms with Crippen molar-refractivity contribution in [3.8, 4) is 0 Å². The van der Waals surface area contributed by atoms with Crippen LogP contribution in [-0.4, -0.2) is 52.7 Å². The molecule has 0 spiro atoms. The van der Waals surface area contributed by atoms with Gasteiger partial charge in [-0.25, -0.2) is 14.8 Å². The zero-order chi connectivity index (χ0) is 16.3. The normalized spacial score (nSPS) is 16.4. The fourth-order valence-corrected chi connectivity index (χ4v) is 2.56. The van der Waals surface area contributed by atoms with Crippen LogP contribution in [0.15, 0.2) is 6.07 Å². The van der Waals surface area contributed by atoms with Crippen molar-refractivity contribution >= 4 is 35.2 Å². The third kappa shape index (κ3) is 4.88. The van der Waals surface area contributed by atoms with E-state index in [0.29, 0.717) is 35.9 Å². The van der Waals surface area contributed by atoms with Crippen LogP contribution >= 0.6 is 23.2 Å². The lowest BCUT2D eigenvalue weighted by Gasteiger charge is -2.26. The van der Waals surface area contributed by atoms with E-state index in [9.17, 15) is 4.79 Å². The Morgan fingerprint density at radius 2 is 1.77 bits per heavy atom. The summed E-state index contributed by atoms with van der Waals surface area (Å²) in [6.07, 6.45) is 0.506. The number of carbonyl (C=O) groups is 1. The molecule has 1 saturated heterocycles. The Bertz CT molecular complexity index is 528. The highest BCUT2D eigenvalue weighted by Crippen LogP contribution is 2.19. The van der Waals surface area contributed by atoms with Crippen molar-refractivity contribution < 1.29 is 9.53 Å². The fraction of sp³-hybridized carbons (Fsp3) is 0.643. The first-order chi connectivity index (χ1) is 10.2. The highest BCUT2D eigenvalue weighted by atomic mass is 35.5. The first-order valence-electron chi connectivity index (χ1n) is 7.17. The van der Waals surface area contributed by atoms with E-state index in [2.05, 4.69) is 9.97 Å². The minimum absolute atomic E-state index is 0.292. The van der Waals surface area contributed by atoms with Crippen LogP contribution in [0.2, 0.25) is 10.3 Å². The lowest BCUT2D eigenvalue weighted by Crippen LogP contribution is -2.39. The zero-order valence-corrected chi connectivity index (χ0v) is 14.5. The van der Waals surface area contributed by atoms with Gasteiger partial charge in [0.25, 0.3) is 0 Å². The van der Waals surface area contributed by atoms with Gasteiger partial charge >= 0.3 is 6.09 Å². The molecular weight excluding hydrogens is 327 g/mol. The van der Waals surface area contributed by atoms with Gasteiger partial charge in [-0.2, -0.15) is 0 Å². The van der Waals surface area contributed by atoms with Crippen LogP contribution in [-0.2, 0) is 4.74 Å². The average Bonchev–Trinajstić information content (AvgIpc) is 2.61. The highest BCUT2D eigenvalue weighted by Gasteiger charge is 2.25. The molecule has 22 heavy (non-hydrogen) atoms. The maximum absolute atomic E-state index is 12.1. The van der Waals surface area contributed by atoms with Gasteiger partial charge in [-0.05, 0) is 27.2 Å². The second kappa shape index (κ2) is 6.87. The first-order valence-corrected chi connectivity index (χ1v) is 7.93. The molecule has 1 amide bonds. The van der Waals surface area contributed by atoms with E-state index >= 15 is 0 Å². The molecule has 0 saturated carbocycles. The maximum Gasteiger partial charge on any atom is 0.410 e. The van der Waals surface area contributed by atoms with Crippen molar-refractivity contribution in [3.05, 3.63) is 16.4 Å². The van der Waals surface area contributed by atoms with Crippen molar-refractivity contribution in [1.29, 1.82) is 0 Å². The van der Waals surface area contributed by atoms with Crippen LogP contribution in [0.5, 0.6) is 0 Å². The van der Waals surface area contributed by atoms with Gasteiger partial charge < -0.3 is 14.5 Å². The van der Waals surface area contributed by atoms with Crippen molar-refractivity contribution in [2.75, 3.05) is 31.1 Å². The van der Waals surface area contributed by atoms with Gasteiger partial charge in [0.15, 0.2) is 0 Å². The van der Waals surface area contributed by atoms with E-state index in [1.165, 1.54) is 6.07 Å². The number of carbonyl (C=O) groups excluding carboxylic acids is 1. The largest absolute Gasteiger partial charge is 0.444 e. The molecule has 0 unspecified atom stereocenters. The number of amides is 1. The Hall–Kier alpha value is -1.27. The Kier molecular flexibility index (Phi) is 5.34. The third-order valence-electron chi connectivity index (χ3n) is 3.08. The molecular formula is C14H20Cl2N4O2. The summed E-state index contributed by atoms with van der Waals surface area (Å²) < 4.78 is 5.41. The monoisotopic (exact) mass is 346 g/mol. The van der Waals surface area contributed by atoms with Gasteiger partial charge in [0.2, 0.25) is 5.95 Å². The summed E-state index contributed by atoms with van der Waals surface area (Å²) in [6, 6.07) is 1.50. The van der Waals surface area contributed by atoms with Crippen molar-refractivity contribution in [3.63, 3.8) is 0 Å². The van der Waals surface area contributed by atoms with Gasteiger partial charge in [0.05, 0.1) is 0 Å². The second-order valence-corrected chi connectivity index (χ2v) is 6.90. The lowest BCUT2D eigenvalue weighted by molar-refractivity contribution is 0.0263. The van der Waals surface area contributed by atoms with Crippen LogP contribution in [0, 0.1) is 0 Å². The van der Waals surface area contributed by atoms with Crippen molar-refractivity contribution in [2.24, 2.45) is 0 Å². The van der Waals surface area contributed by atoms with E-state index in [4.69, 9.17) is 27.9 Å². The Balaban J connectivity index is 2.02. The molecule has 0 atom stereocenters. The first kappa shape index (κ1) is 17.1. The summed E-state index contributed by atoms with van der Waals surface area (Å²) in [4.78, 5) is 24.2. The maximum atomic E-state index is 12.1. The number of hydrogen-bond donors (Lipinski definition) is 0. The van der Waals surface area contributed by atoms with Crippen LogP contribution in [0.25, 0.3) is 0 Å². The SMILES string of the molecule is CC(C)(C)OC(=O)N1CCCN(c2nc(Cl)cc(Cl)n2)CC1. The molecule has 2 rings (SSSR count). The standard InChI is InChI=1S/C14H20Cl2N4O2/c1-14(2,3)22-13(21)20-6-4-5-19(7-8-20)12-17-10(15)9-11(16)18-12/h9H,4-8H2,1-3H3. The molecule has 0 radical (unpaired) electrons. The lowest BCUT2D eigenvalue weighted by atomic mass is 10.2. The molecule has 1 aromatic rings. The van der Waals surface area contributed by atoms with E-state index in [1.54, 1.807) is 4.90 Å². The molecule has 122 valence electrons. The van der Waals surface area contributed by atoms with E-state index in [0.717, 1.165) is 13.0 Å². The molecule has 1 aromatic heterocycles. The number of ether oxygens (including phenoxy) is 1. The van der Waals surface area contributed by atoms with E-state index in [1.807, 2.05) is 25.7 Å². The van der Waals surface area contributed by atoms with Crippen LogP contribution in [0.1, 0.15) is 27.2 Å². The molecule has 0 aliphatic carbocycles. The summed E-state index contributed by atoms with van der Waals surface area (Å²) >= 11 is 11.8. The molecule has 6 nitrogen and oxygen atoms in total. The van der Waals surface area contributed by atoms with Gasteiger partial charge in [-0.15, -0.1) is 0 Å². The second-order valence-electron chi connectivity index (χ2n) is 6.12. The molecule has 1 fully saturated rings. The number of aromatic nitrogens is 2. The quantitative estimate of drug-likeness (QED) is 0.730.